The lowest BCUT2D eigenvalue weighted by atomic mass is 9.96. The van der Waals surface area contributed by atoms with E-state index in [-0.39, 0.29) is 0 Å². The van der Waals surface area contributed by atoms with Gasteiger partial charge in [0.25, 0.3) is 0 Å². The summed E-state index contributed by atoms with van der Waals surface area (Å²) < 4.78 is 1.11. The second kappa shape index (κ2) is 4.81. The van der Waals surface area contributed by atoms with Crippen LogP contribution >= 0.6 is 15.9 Å². The molecule has 5 rings (SSSR count). The summed E-state index contributed by atoms with van der Waals surface area (Å²) in [4.78, 5) is 0. The third-order valence-electron chi connectivity index (χ3n) is 4.64. The van der Waals surface area contributed by atoms with Crippen LogP contribution in [0.15, 0.2) is 83.3 Å². The van der Waals surface area contributed by atoms with Gasteiger partial charge >= 0.3 is 0 Å². The predicted octanol–water partition coefficient (Wildman–Crippen LogP) is 6.92. The van der Waals surface area contributed by atoms with Crippen LogP contribution in [0.4, 0.5) is 0 Å². The van der Waals surface area contributed by atoms with Crippen LogP contribution in [0.3, 0.4) is 0 Å². The SMILES string of the molecule is Brc1cccc(-c2cc3c4c(cccc4c2)-c2ccccc2-3)c1. The van der Waals surface area contributed by atoms with Crippen LogP contribution in [0.25, 0.3) is 44.2 Å². The van der Waals surface area contributed by atoms with Gasteiger partial charge in [0.2, 0.25) is 0 Å². The molecule has 0 saturated heterocycles. The first-order valence-electron chi connectivity index (χ1n) is 7.74. The lowest BCUT2D eigenvalue weighted by Crippen LogP contribution is -1.82. The van der Waals surface area contributed by atoms with Gasteiger partial charge in [0.05, 0.1) is 0 Å². The van der Waals surface area contributed by atoms with Crippen molar-refractivity contribution >= 4 is 26.7 Å². The summed E-state index contributed by atoms with van der Waals surface area (Å²) >= 11 is 3.58. The summed E-state index contributed by atoms with van der Waals surface area (Å²) in [5, 5.41) is 2.69. The molecule has 0 N–H and O–H groups in total. The van der Waals surface area contributed by atoms with Gasteiger partial charge in [-0.05, 0) is 68.4 Å². The van der Waals surface area contributed by atoms with Gasteiger partial charge in [0.15, 0.2) is 0 Å². The predicted molar refractivity (Wildman–Crippen MR) is 102 cm³/mol. The number of hydrogen-bond acceptors (Lipinski definition) is 0. The maximum absolute atomic E-state index is 3.58. The molecule has 0 unspecified atom stereocenters. The molecule has 0 bridgehead atoms. The fourth-order valence-corrected chi connectivity index (χ4v) is 4.05. The Morgan fingerprint density at radius 3 is 2.09 bits per heavy atom. The van der Waals surface area contributed by atoms with Crippen LogP contribution in [0, 0.1) is 0 Å². The molecule has 0 aliphatic heterocycles. The number of fused-ring (bicyclic) bond motifs is 3. The molecule has 0 spiro atoms. The zero-order chi connectivity index (χ0) is 15.4. The normalized spacial score (nSPS) is 11.7. The van der Waals surface area contributed by atoms with E-state index in [1.54, 1.807) is 0 Å². The van der Waals surface area contributed by atoms with E-state index in [0.717, 1.165) is 4.47 Å². The summed E-state index contributed by atoms with van der Waals surface area (Å²) in [6.07, 6.45) is 0. The van der Waals surface area contributed by atoms with E-state index in [4.69, 9.17) is 0 Å². The Labute approximate surface area is 143 Å². The Bertz CT molecular complexity index is 1080. The van der Waals surface area contributed by atoms with E-state index < -0.39 is 0 Å². The molecular formula is C22H13Br. The molecule has 0 heterocycles. The van der Waals surface area contributed by atoms with Crippen molar-refractivity contribution in [3.05, 3.63) is 83.3 Å². The Kier molecular flexibility index (Phi) is 2.74. The number of rotatable bonds is 1. The Morgan fingerprint density at radius 2 is 1.26 bits per heavy atom. The first kappa shape index (κ1) is 13.1. The minimum absolute atomic E-state index is 1.11. The van der Waals surface area contributed by atoms with E-state index in [1.165, 1.54) is 44.2 Å². The van der Waals surface area contributed by atoms with Gasteiger partial charge in [0, 0.05) is 4.47 Å². The molecule has 0 radical (unpaired) electrons. The van der Waals surface area contributed by atoms with Crippen molar-refractivity contribution in [3.8, 4) is 33.4 Å². The van der Waals surface area contributed by atoms with Crippen molar-refractivity contribution in [3.63, 3.8) is 0 Å². The maximum Gasteiger partial charge on any atom is 0.0181 e. The average Bonchev–Trinajstić information content (AvgIpc) is 2.91. The molecule has 1 heteroatoms. The first-order valence-corrected chi connectivity index (χ1v) is 8.53. The molecule has 1 aliphatic carbocycles. The smallest absolute Gasteiger partial charge is 0.0181 e. The lowest BCUT2D eigenvalue weighted by Gasteiger charge is -2.08. The Balaban J connectivity index is 1.87. The van der Waals surface area contributed by atoms with Crippen molar-refractivity contribution in [1.29, 1.82) is 0 Å². The van der Waals surface area contributed by atoms with E-state index in [1.807, 2.05) is 0 Å². The highest BCUT2D eigenvalue weighted by atomic mass is 79.9. The molecule has 0 saturated carbocycles. The van der Waals surface area contributed by atoms with Crippen molar-refractivity contribution in [2.75, 3.05) is 0 Å². The van der Waals surface area contributed by atoms with Gasteiger partial charge < -0.3 is 0 Å². The standard InChI is InChI=1S/C22H13Br/c23-17-7-3-5-14(12-17)16-11-15-6-4-10-20-18-8-1-2-9-19(18)21(13-16)22(15)20/h1-13H. The first-order chi connectivity index (χ1) is 11.3. The highest BCUT2D eigenvalue weighted by Crippen LogP contribution is 2.48. The van der Waals surface area contributed by atoms with Gasteiger partial charge in [-0.15, -0.1) is 0 Å². The van der Waals surface area contributed by atoms with Gasteiger partial charge in [-0.3, -0.25) is 0 Å². The van der Waals surface area contributed by atoms with Crippen molar-refractivity contribution < 1.29 is 0 Å². The summed E-state index contributed by atoms with van der Waals surface area (Å²) in [6, 6.07) is 28.5. The summed E-state index contributed by atoms with van der Waals surface area (Å²) in [7, 11) is 0. The number of hydrogen-bond donors (Lipinski definition) is 0. The lowest BCUT2D eigenvalue weighted by molar-refractivity contribution is 1.61. The second-order valence-electron chi connectivity index (χ2n) is 5.98. The molecule has 108 valence electrons. The van der Waals surface area contributed by atoms with Crippen LogP contribution in [0.1, 0.15) is 0 Å². The minimum Gasteiger partial charge on any atom is -0.0616 e. The monoisotopic (exact) mass is 356 g/mol. The largest absolute Gasteiger partial charge is 0.0616 e. The maximum atomic E-state index is 3.58. The average molecular weight is 357 g/mol. The topological polar surface area (TPSA) is 0 Å². The van der Waals surface area contributed by atoms with Gasteiger partial charge in [-0.25, -0.2) is 0 Å². The second-order valence-corrected chi connectivity index (χ2v) is 6.90. The third-order valence-corrected chi connectivity index (χ3v) is 5.14. The Hall–Kier alpha value is -2.38. The van der Waals surface area contributed by atoms with E-state index in [0.29, 0.717) is 0 Å². The van der Waals surface area contributed by atoms with Crippen LogP contribution in [-0.2, 0) is 0 Å². The number of halogens is 1. The molecule has 4 aromatic rings. The van der Waals surface area contributed by atoms with Crippen molar-refractivity contribution in [2.45, 2.75) is 0 Å². The zero-order valence-electron chi connectivity index (χ0n) is 12.4. The van der Waals surface area contributed by atoms with Gasteiger partial charge in [-0.2, -0.15) is 0 Å². The molecular weight excluding hydrogens is 344 g/mol. The third kappa shape index (κ3) is 1.90. The molecule has 0 atom stereocenters. The highest BCUT2D eigenvalue weighted by Gasteiger charge is 2.21. The van der Waals surface area contributed by atoms with Crippen molar-refractivity contribution in [2.24, 2.45) is 0 Å². The number of benzene rings is 4. The van der Waals surface area contributed by atoms with Crippen LogP contribution in [0.5, 0.6) is 0 Å². The van der Waals surface area contributed by atoms with Gasteiger partial charge in [-0.1, -0.05) is 70.5 Å². The molecule has 0 fully saturated rings. The molecule has 4 aromatic carbocycles. The molecule has 0 nitrogen and oxygen atoms in total. The van der Waals surface area contributed by atoms with Crippen molar-refractivity contribution in [1.82, 2.24) is 0 Å². The molecule has 1 aliphatic rings. The zero-order valence-corrected chi connectivity index (χ0v) is 14.0. The molecule has 0 amide bonds. The summed E-state index contributed by atoms with van der Waals surface area (Å²) in [6.45, 7) is 0. The van der Waals surface area contributed by atoms with Gasteiger partial charge in [0.1, 0.15) is 0 Å². The summed E-state index contributed by atoms with van der Waals surface area (Å²) in [5.74, 6) is 0. The quantitative estimate of drug-likeness (QED) is 0.306. The van der Waals surface area contributed by atoms with Crippen LogP contribution < -0.4 is 0 Å². The van der Waals surface area contributed by atoms with E-state index in [9.17, 15) is 0 Å². The molecule has 23 heavy (non-hydrogen) atoms. The highest BCUT2D eigenvalue weighted by molar-refractivity contribution is 9.10. The molecule has 0 aromatic heterocycles. The fourth-order valence-electron chi connectivity index (χ4n) is 3.65. The minimum atomic E-state index is 1.11. The fraction of sp³-hybridized carbons (Fsp3) is 0. The van der Waals surface area contributed by atoms with E-state index in [2.05, 4.69) is 94.8 Å². The summed E-state index contributed by atoms with van der Waals surface area (Å²) in [5.41, 5.74) is 7.91. The van der Waals surface area contributed by atoms with E-state index >= 15 is 0 Å². The Morgan fingerprint density at radius 1 is 0.522 bits per heavy atom. The van der Waals surface area contributed by atoms with Crippen LogP contribution in [-0.4, -0.2) is 0 Å². The van der Waals surface area contributed by atoms with Crippen LogP contribution in [0.2, 0.25) is 0 Å².